The molecule has 21 heavy (non-hydrogen) atoms. The van der Waals surface area contributed by atoms with Crippen LogP contribution < -0.4 is 5.32 Å². The molecular weight excluding hydrogens is 354 g/mol. The molecule has 1 unspecified atom stereocenters. The number of alkyl carbamates (subject to hydrolysis) is 1. The Kier molecular flexibility index (Phi) is 6.22. The summed E-state index contributed by atoms with van der Waals surface area (Å²) >= 11 is 2.77. The van der Waals surface area contributed by atoms with E-state index in [1.54, 1.807) is 0 Å². The lowest BCUT2D eigenvalue weighted by molar-refractivity contribution is -0.139. The number of aliphatic carboxylic acids is 1. The third-order valence-electron chi connectivity index (χ3n) is 2.36. The highest BCUT2D eigenvalue weighted by Gasteiger charge is 2.25. The molecule has 1 aromatic rings. The van der Waals surface area contributed by atoms with Gasteiger partial charge in [-0.15, -0.1) is 0 Å². The van der Waals surface area contributed by atoms with E-state index < -0.39 is 41.7 Å². The Bertz CT molecular complexity index is 568. The molecule has 0 aliphatic heterocycles. The number of carbonyl (C=O) groups is 2. The molecule has 1 heterocycles. The zero-order chi connectivity index (χ0) is 16.0. The van der Waals surface area contributed by atoms with Gasteiger partial charge in [-0.25, -0.2) is 23.4 Å². The summed E-state index contributed by atoms with van der Waals surface area (Å²) in [5, 5.41) is 11.0. The number of hydrogen-bond acceptors (Lipinski definition) is 4. The van der Waals surface area contributed by atoms with E-state index in [1.807, 2.05) is 5.32 Å². The SMILES string of the molecule is C=CCOC(=O)NC(Cc1c(F)cnc(Br)c1F)C(=O)O. The van der Waals surface area contributed by atoms with Crippen LogP contribution in [-0.4, -0.2) is 34.8 Å². The summed E-state index contributed by atoms with van der Waals surface area (Å²) in [5.74, 6) is -3.50. The molecule has 1 amide bonds. The lowest BCUT2D eigenvalue weighted by Crippen LogP contribution is -2.43. The van der Waals surface area contributed by atoms with Crippen molar-refractivity contribution in [3.05, 3.63) is 40.7 Å². The highest BCUT2D eigenvalue weighted by molar-refractivity contribution is 9.10. The predicted molar refractivity (Wildman–Crippen MR) is 71.7 cm³/mol. The summed E-state index contributed by atoms with van der Waals surface area (Å²) in [7, 11) is 0. The number of rotatable bonds is 6. The quantitative estimate of drug-likeness (QED) is 0.595. The first-order chi connectivity index (χ1) is 9.86. The van der Waals surface area contributed by atoms with Gasteiger partial charge in [0.05, 0.1) is 6.20 Å². The van der Waals surface area contributed by atoms with Gasteiger partial charge in [0.2, 0.25) is 0 Å². The fraction of sp³-hybridized carbons (Fsp3) is 0.250. The van der Waals surface area contributed by atoms with Gasteiger partial charge < -0.3 is 15.2 Å². The summed E-state index contributed by atoms with van der Waals surface area (Å²) in [4.78, 5) is 25.7. The fourth-order valence-electron chi connectivity index (χ4n) is 1.39. The summed E-state index contributed by atoms with van der Waals surface area (Å²) in [6, 6.07) is -1.55. The minimum Gasteiger partial charge on any atom is -0.480 e. The molecule has 9 heteroatoms. The van der Waals surface area contributed by atoms with Crippen LogP contribution >= 0.6 is 15.9 Å². The zero-order valence-electron chi connectivity index (χ0n) is 10.6. The van der Waals surface area contributed by atoms with E-state index in [-0.39, 0.29) is 11.2 Å². The van der Waals surface area contributed by atoms with E-state index in [2.05, 4.69) is 32.2 Å². The third kappa shape index (κ3) is 4.78. The molecule has 0 saturated carbocycles. The number of carboxylic acids is 1. The Morgan fingerprint density at radius 3 is 2.81 bits per heavy atom. The highest BCUT2D eigenvalue weighted by Crippen LogP contribution is 2.20. The van der Waals surface area contributed by atoms with Crippen LogP contribution in [0.15, 0.2) is 23.5 Å². The van der Waals surface area contributed by atoms with E-state index in [1.165, 1.54) is 6.08 Å². The molecule has 0 aromatic carbocycles. The average molecular weight is 365 g/mol. The van der Waals surface area contributed by atoms with Crippen molar-refractivity contribution >= 4 is 28.0 Å². The number of carboxylic acid groups (broad SMARTS) is 1. The number of carbonyl (C=O) groups excluding carboxylic acids is 1. The molecule has 0 saturated heterocycles. The largest absolute Gasteiger partial charge is 0.480 e. The molecule has 0 spiro atoms. The molecule has 1 atom stereocenters. The summed E-state index contributed by atoms with van der Waals surface area (Å²) in [5.41, 5.74) is -0.506. The number of aromatic nitrogens is 1. The van der Waals surface area contributed by atoms with Crippen molar-refractivity contribution < 1.29 is 28.2 Å². The van der Waals surface area contributed by atoms with Gasteiger partial charge in [0.1, 0.15) is 23.1 Å². The predicted octanol–water partition coefficient (Wildman–Crippen LogP) is 2.03. The molecule has 1 rings (SSSR count). The molecule has 0 radical (unpaired) electrons. The van der Waals surface area contributed by atoms with Crippen LogP contribution in [0.2, 0.25) is 0 Å². The summed E-state index contributed by atoms with van der Waals surface area (Å²) in [6.45, 7) is 3.19. The standard InChI is InChI=1S/C12H11BrF2N2O4/c1-2-3-21-12(20)17-8(11(18)19)4-6-7(14)5-16-10(13)9(6)15/h2,5,8H,1,3-4H2,(H,17,20)(H,18,19). The fourth-order valence-corrected chi connectivity index (χ4v) is 1.73. The van der Waals surface area contributed by atoms with Gasteiger partial charge in [-0.05, 0) is 15.9 Å². The first-order valence-corrected chi connectivity index (χ1v) is 6.41. The lowest BCUT2D eigenvalue weighted by Gasteiger charge is -2.15. The van der Waals surface area contributed by atoms with Crippen molar-refractivity contribution in [3.8, 4) is 0 Å². The van der Waals surface area contributed by atoms with Crippen LogP contribution in [0.4, 0.5) is 13.6 Å². The molecule has 1 aromatic heterocycles. The Morgan fingerprint density at radius 2 is 2.24 bits per heavy atom. The van der Waals surface area contributed by atoms with E-state index in [4.69, 9.17) is 5.11 Å². The third-order valence-corrected chi connectivity index (χ3v) is 2.91. The van der Waals surface area contributed by atoms with Crippen molar-refractivity contribution in [2.24, 2.45) is 0 Å². The second kappa shape index (κ2) is 7.67. The first-order valence-electron chi connectivity index (χ1n) is 5.62. The molecule has 0 bridgehead atoms. The Labute approximate surface area is 126 Å². The van der Waals surface area contributed by atoms with E-state index in [0.717, 1.165) is 6.20 Å². The lowest BCUT2D eigenvalue weighted by atomic mass is 10.1. The Morgan fingerprint density at radius 1 is 1.57 bits per heavy atom. The summed E-state index contributed by atoms with van der Waals surface area (Å²) < 4.78 is 31.5. The first kappa shape index (κ1) is 17.0. The molecule has 0 fully saturated rings. The number of hydrogen-bond donors (Lipinski definition) is 2. The van der Waals surface area contributed by atoms with Crippen LogP contribution in [0.25, 0.3) is 0 Å². The van der Waals surface area contributed by atoms with E-state index in [9.17, 15) is 18.4 Å². The van der Waals surface area contributed by atoms with Gasteiger partial charge in [0.25, 0.3) is 0 Å². The minimum absolute atomic E-state index is 0.123. The number of nitrogens with one attached hydrogen (secondary N) is 1. The number of ether oxygens (including phenoxy) is 1. The van der Waals surface area contributed by atoms with Gasteiger partial charge in [0, 0.05) is 12.0 Å². The van der Waals surface area contributed by atoms with Crippen LogP contribution in [0, 0.1) is 11.6 Å². The number of amides is 1. The zero-order valence-corrected chi connectivity index (χ0v) is 12.2. The molecule has 6 nitrogen and oxygen atoms in total. The number of pyridine rings is 1. The van der Waals surface area contributed by atoms with Crippen molar-refractivity contribution in [1.29, 1.82) is 0 Å². The summed E-state index contributed by atoms with van der Waals surface area (Å²) in [6.07, 6.45) is 0.403. The molecule has 114 valence electrons. The highest BCUT2D eigenvalue weighted by atomic mass is 79.9. The number of halogens is 3. The number of nitrogens with zero attached hydrogens (tertiary/aromatic N) is 1. The molecule has 2 N–H and O–H groups in total. The topological polar surface area (TPSA) is 88.5 Å². The van der Waals surface area contributed by atoms with Crippen molar-refractivity contribution in [3.63, 3.8) is 0 Å². The van der Waals surface area contributed by atoms with Crippen LogP contribution in [-0.2, 0) is 16.0 Å². The maximum Gasteiger partial charge on any atom is 0.408 e. The van der Waals surface area contributed by atoms with Gasteiger partial charge in [-0.3, -0.25) is 0 Å². The van der Waals surface area contributed by atoms with Gasteiger partial charge in [0.15, 0.2) is 5.82 Å². The minimum atomic E-state index is -1.55. The van der Waals surface area contributed by atoms with Gasteiger partial charge >= 0.3 is 12.1 Å². The van der Waals surface area contributed by atoms with Gasteiger partial charge in [-0.2, -0.15) is 0 Å². The maximum absolute atomic E-state index is 13.7. The average Bonchev–Trinajstić information content (AvgIpc) is 2.44. The van der Waals surface area contributed by atoms with Crippen LogP contribution in [0.3, 0.4) is 0 Å². The van der Waals surface area contributed by atoms with Crippen molar-refractivity contribution in [2.45, 2.75) is 12.5 Å². The maximum atomic E-state index is 13.7. The van der Waals surface area contributed by atoms with Crippen molar-refractivity contribution in [2.75, 3.05) is 6.61 Å². The van der Waals surface area contributed by atoms with E-state index >= 15 is 0 Å². The van der Waals surface area contributed by atoms with E-state index in [0.29, 0.717) is 0 Å². The smallest absolute Gasteiger partial charge is 0.408 e. The molecule has 0 aliphatic rings. The molecule has 0 aliphatic carbocycles. The molecular formula is C12H11BrF2N2O4. The van der Waals surface area contributed by atoms with Crippen molar-refractivity contribution in [1.82, 2.24) is 10.3 Å². The van der Waals surface area contributed by atoms with Crippen LogP contribution in [0.5, 0.6) is 0 Å². The monoisotopic (exact) mass is 364 g/mol. The second-order valence-electron chi connectivity index (χ2n) is 3.82. The second-order valence-corrected chi connectivity index (χ2v) is 4.57. The Hall–Kier alpha value is -2.03. The van der Waals surface area contributed by atoms with Gasteiger partial charge in [-0.1, -0.05) is 12.7 Å². The van der Waals surface area contributed by atoms with Crippen LogP contribution in [0.1, 0.15) is 5.56 Å². The normalized spacial score (nSPS) is 11.6. The Balaban J connectivity index is 2.89.